The van der Waals surface area contributed by atoms with Gasteiger partial charge in [0.15, 0.2) is 0 Å². The minimum absolute atomic E-state index is 0.0275. The normalized spacial score (nSPS) is 11.9. The van der Waals surface area contributed by atoms with Crippen molar-refractivity contribution in [2.45, 2.75) is 19.3 Å². The summed E-state index contributed by atoms with van der Waals surface area (Å²) in [5, 5.41) is 2.87. The molecule has 0 aliphatic carbocycles. The molecule has 0 aliphatic rings. The summed E-state index contributed by atoms with van der Waals surface area (Å²) in [6.07, 6.45) is 0.962. The van der Waals surface area contributed by atoms with E-state index in [1.165, 1.54) is 5.56 Å². The van der Waals surface area contributed by atoms with Gasteiger partial charge in [0.2, 0.25) is 0 Å². The van der Waals surface area contributed by atoms with E-state index in [1.54, 1.807) is 19.0 Å². The van der Waals surface area contributed by atoms with Gasteiger partial charge in [0.25, 0.3) is 0 Å². The lowest BCUT2D eigenvalue weighted by Gasteiger charge is -2.15. The van der Waals surface area contributed by atoms with E-state index in [0.29, 0.717) is 12.5 Å². The van der Waals surface area contributed by atoms with Crippen LogP contribution in [0.2, 0.25) is 0 Å². The van der Waals surface area contributed by atoms with Crippen molar-refractivity contribution in [2.75, 3.05) is 20.6 Å². The smallest absolute Gasteiger partial charge is 0.316 e. The zero-order valence-corrected chi connectivity index (χ0v) is 10.2. The third-order valence-electron chi connectivity index (χ3n) is 2.63. The lowest BCUT2D eigenvalue weighted by molar-refractivity contribution is 0.217. The molecule has 0 saturated heterocycles. The molecular formula is C13H20N2O. The topological polar surface area (TPSA) is 32.3 Å². The van der Waals surface area contributed by atoms with Crippen molar-refractivity contribution in [1.29, 1.82) is 0 Å². The van der Waals surface area contributed by atoms with Gasteiger partial charge in [-0.25, -0.2) is 4.79 Å². The van der Waals surface area contributed by atoms with Gasteiger partial charge in [0.1, 0.15) is 0 Å². The molecule has 88 valence electrons. The summed E-state index contributed by atoms with van der Waals surface area (Å²) in [6.45, 7) is 2.89. The average molecular weight is 220 g/mol. The minimum atomic E-state index is -0.0275. The first-order chi connectivity index (χ1) is 7.61. The molecule has 3 nitrogen and oxygen atoms in total. The Hall–Kier alpha value is -1.51. The molecule has 0 heterocycles. The SMILES string of the molecule is CC(CCNC(=O)N(C)C)c1ccccc1. The molecular weight excluding hydrogens is 200 g/mol. The Labute approximate surface area is 97.5 Å². The molecule has 0 spiro atoms. The van der Waals surface area contributed by atoms with E-state index in [4.69, 9.17) is 0 Å². The van der Waals surface area contributed by atoms with Crippen LogP contribution in [0, 0.1) is 0 Å². The summed E-state index contributed by atoms with van der Waals surface area (Å²) in [5.41, 5.74) is 1.32. The first-order valence-electron chi connectivity index (χ1n) is 5.61. The standard InChI is InChI=1S/C13H20N2O/c1-11(12-7-5-4-6-8-12)9-10-14-13(16)15(2)3/h4-8,11H,9-10H2,1-3H3,(H,14,16). The van der Waals surface area contributed by atoms with Crippen molar-refractivity contribution in [2.24, 2.45) is 0 Å². The van der Waals surface area contributed by atoms with Gasteiger partial charge >= 0.3 is 6.03 Å². The van der Waals surface area contributed by atoms with E-state index in [1.807, 2.05) is 18.2 Å². The number of benzene rings is 1. The number of rotatable bonds is 4. The predicted molar refractivity (Wildman–Crippen MR) is 66.6 cm³/mol. The predicted octanol–water partition coefficient (Wildman–Crippen LogP) is 2.45. The highest BCUT2D eigenvalue weighted by Gasteiger charge is 2.06. The molecule has 16 heavy (non-hydrogen) atoms. The molecule has 1 aromatic carbocycles. The third-order valence-corrected chi connectivity index (χ3v) is 2.63. The fourth-order valence-corrected chi connectivity index (χ4v) is 1.50. The Morgan fingerprint density at radius 2 is 1.94 bits per heavy atom. The molecule has 0 fully saturated rings. The van der Waals surface area contributed by atoms with Crippen LogP contribution in [-0.2, 0) is 0 Å². The van der Waals surface area contributed by atoms with Gasteiger partial charge in [-0.1, -0.05) is 37.3 Å². The van der Waals surface area contributed by atoms with E-state index in [0.717, 1.165) is 6.42 Å². The first kappa shape index (κ1) is 12.6. The minimum Gasteiger partial charge on any atom is -0.338 e. The largest absolute Gasteiger partial charge is 0.338 e. The lowest BCUT2D eigenvalue weighted by Crippen LogP contribution is -2.35. The molecule has 1 atom stereocenters. The number of amides is 2. The number of hydrogen-bond acceptors (Lipinski definition) is 1. The van der Waals surface area contributed by atoms with Crippen LogP contribution in [0.1, 0.15) is 24.8 Å². The highest BCUT2D eigenvalue weighted by molar-refractivity contribution is 5.73. The highest BCUT2D eigenvalue weighted by atomic mass is 16.2. The number of nitrogens with zero attached hydrogens (tertiary/aromatic N) is 1. The summed E-state index contributed by atoms with van der Waals surface area (Å²) >= 11 is 0. The Morgan fingerprint density at radius 1 is 1.31 bits per heavy atom. The van der Waals surface area contributed by atoms with Gasteiger partial charge in [-0.05, 0) is 17.9 Å². The van der Waals surface area contributed by atoms with E-state index >= 15 is 0 Å². The molecule has 1 aromatic rings. The van der Waals surface area contributed by atoms with Crippen molar-refractivity contribution in [3.05, 3.63) is 35.9 Å². The molecule has 0 saturated carbocycles. The van der Waals surface area contributed by atoms with E-state index in [2.05, 4.69) is 24.4 Å². The zero-order valence-electron chi connectivity index (χ0n) is 10.2. The Morgan fingerprint density at radius 3 is 2.50 bits per heavy atom. The Kier molecular flexibility index (Phi) is 4.83. The van der Waals surface area contributed by atoms with Gasteiger partial charge in [-0.2, -0.15) is 0 Å². The molecule has 1 unspecified atom stereocenters. The van der Waals surface area contributed by atoms with Gasteiger partial charge in [0, 0.05) is 20.6 Å². The second-order valence-electron chi connectivity index (χ2n) is 4.23. The highest BCUT2D eigenvalue weighted by Crippen LogP contribution is 2.17. The quantitative estimate of drug-likeness (QED) is 0.830. The van der Waals surface area contributed by atoms with Crippen LogP contribution in [0.4, 0.5) is 4.79 Å². The lowest BCUT2D eigenvalue weighted by atomic mass is 9.98. The van der Waals surface area contributed by atoms with E-state index < -0.39 is 0 Å². The van der Waals surface area contributed by atoms with Gasteiger partial charge in [-0.3, -0.25) is 0 Å². The molecule has 3 heteroatoms. The van der Waals surface area contributed by atoms with Crippen LogP contribution in [-0.4, -0.2) is 31.6 Å². The summed E-state index contributed by atoms with van der Waals surface area (Å²) in [5.74, 6) is 0.476. The van der Waals surface area contributed by atoms with E-state index in [-0.39, 0.29) is 6.03 Å². The van der Waals surface area contributed by atoms with Crippen LogP contribution >= 0.6 is 0 Å². The first-order valence-corrected chi connectivity index (χ1v) is 5.61. The number of carbonyl (C=O) groups is 1. The number of nitrogens with one attached hydrogen (secondary N) is 1. The Bertz CT molecular complexity index is 322. The van der Waals surface area contributed by atoms with Crippen LogP contribution in [0.5, 0.6) is 0 Å². The molecule has 0 aromatic heterocycles. The maximum Gasteiger partial charge on any atom is 0.316 e. The zero-order chi connectivity index (χ0) is 12.0. The van der Waals surface area contributed by atoms with Crippen LogP contribution < -0.4 is 5.32 Å². The van der Waals surface area contributed by atoms with Crippen molar-refractivity contribution < 1.29 is 4.79 Å². The molecule has 1 rings (SSSR count). The van der Waals surface area contributed by atoms with Crippen molar-refractivity contribution in [3.63, 3.8) is 0 Å². The molecule has 1 N–H and O–H groups in total. The van der Waals surface area contributed by atoms with Crippen LogP contribution in [0.25, 0.3) is 0 Å². The molecule has 0 aliphatic heterocycles. The fourth-order valence-electron chi connectivity index (χ4n) is 1.50. The van der Waals surface area contributed by atoms with E-state index in [9.17, 15) is 4.79 Å². The second kappa shape index (κ2) is 6.16. The number of carbonyl (C=O) groups excluding carboxylic acids is 1. The Balaban J connectivity index is 2.31. The van der Waals surface area contributed by atoms with Gasteiger partial charge < -0.3 is 10.2 Å². The van der Waals surface area contributed by atoms with Gasteiger partial charge in [-0.15, -0.1) is 0 Å². The monoisotopic (exact) mass is 220 g/mol. The van der Waals surface area contributed by atoms with Crippen LogP contribution in [0.15, 0.2) is 30.3 Å². The number of hydrogen-bond donors (Lipinski definition) is 1. The fraction of sp³-hybridized carbons (Fsp3) is 0.462. The van der Waals surface area contributed by atoms with Crippen molar-refractivity contribution in [3.8, 4) is 0 Å². The third kappa shape index (κ3) is 3.93. The maximum atomic E-state index is 11.3. The summed E-state index contributed by atoms with van der Waals surface area (Å²) in [7, 11) is 3.49. The second-order valence-corrected chi connectivity index (χ2v) is 4.23. The average Bonchev–Trinajstić information content (AvgIpc) is 2.29. The molecule has 2 amide bonds. The molecule has 0 bridgehead atoms. The maximum absolute atomic E-state index is 11.3. The summed E-state index contributed by atoms with van der Waals surface area (Å²) < 4.78 is 0. The summed E-state index contributed by atoms with van der Waals surface area (Å²) in [4.78, 5) is 12.8. The van der Waals surface area contributed by atoms with Gasteiger partial charge in [0.05, 0.1) is 0 Å². The van der Waals surface area contributed by atoms with Crippen molar-refractivity contribution >= 4 is 6.03 Å². The molecule has 0 radical (unpaired) electrons. The van der Waals surface area contributed by atoms with Crippen molar-refractivity contribution in [1.82, 2.24) is 10.2 Å². The van der Waals surface area contributed by atoms with Crippen LogP contribution in [0.3, 0.4) is 0 Å². The summed E-state index contributed by atoms with van der Waals surface area (Å²) in [6, 6.07) is 10.3. The number of urea groups is 1.